The zero-order valence-corrected chi connectivity index (χ0v) is 16.9. The number of aromatic nitrogens is 2. The van der Waals surface area contributed by atoms with Gasteiger partial charge in [-0.1, -0.05) is 17.8 Å². The molecule has 0 fully saturated rings. The van der Waals surface area contributed by atoms with Gasteiger partial charge in [-0.15, -0.1) is 11.3 Å². The van der Waals surface area contributed by atoms with Gasteiger partial charge in [0.2, 0.25) is 0 Å². The molecule has 2 heterocycles. The first-order chi connectivity index (χ1) is 12.7. The summed E-state index contributed by atoms with van der Waals surface area (Å²) >= 11 is 2.57. The summed E-state index contributed by atoms with van der Waals surface area (Å²) in [7, 11) is 0. The Labute approximate surface area is 163 Å². The number of aryl methyl sites for hydroxylation is 2. The van der Waals surface area contributed by atoms with Crippen molar-refractivity contribution in [1.29, 1.82) is 0 Å². The fraction of sp³-hybridized carbons (Fsp3) is 0.333. The van der Waals surface area contributed by atoms with E-state index < -0.39 is 10.7 Å². The summed E-state index contributed by atoms with van der Waals surface area (Å²) < 4.78 is 15.7. The topological polar surface area (TPSA) is 78.0 Å². The van der Waals surface area contributed by atoms with Crippen LogP contribution in [0.4, 0.5) is 10.1 Å². The molecule has 1 aromatic carbocycles. The molecule has 0 aliphatic rings. The van der Waals surface area contributed by atoms with Crippen LogP contribution in [0.3, 0.4) is 0 Å². The van der Waals surface area contributed by atoms with Crippen molar-refractivity contribution in [2.45, 2.75) is 44.6 Å². The van der Waals surface area contributed by atoms with Crippen LogP contribution in [0.5, 0.6) is 0 Å². The van der Waals surface area contributed by atoms with Crippen LogP contribution in [0.1, 0.15) is 35.9 Å². The van der Waals surface area contributed by atoms with Gasteiger partial charge in [-0.25, -0.2) is 9.37 Å². The lowest BCUT2D eigenvalue weighted by atomic mass is 10.2. The molecule has 0 N–H and O–H groups in total. The lowest BCUT2D eigenvalue weighted by Crippen LogP contribution is -2.25. The molecule has 142 valence electrons. The third-order valence-electron chi connectivity index (χ3n) is 4.36. The van der Waals surface area contributed by atoms with Crippen LogP contribution in [0, 0.1) is 29.8 Å². The molecule has 0 radical (unpaired) electrons. The number of fused-ring (bicyclic) bond motifs is 1. The number of nitro groups is 1. The van der Waals surface area contributed by atoms with E-state index in [1.54, 1.807) is 4.57 Å². The van der Waals surface area contributed by atoms with E-state index in [1.807, 2.05) is 27.7 Å². The molecule has 27 heavy (non-hydrogen) atoms. The van der Waals surface area contributed by atoms with Gasteiger partial charge < -0.3 is 0 Å². The molecule has 0 saturated heterocycles. The highest BCUT2D eigenvalue weighted by Crippen LogP contribution is 2.32. The molecule has 6 nitrogen and oxygen atoms in total. The van der Waals surface area contributed by atoms with Gasteiger partial charge in [-0.05, 0) is 39.3 Å². The Bertz CT molecular complexity index is 1110. The first-order valence-electron chi connectivity index (χ1n) is 8.29. The number of benzene rings is 1. The van der Waals surface area contributed by atoms with Crippen molar-refractivity contribution in [2.75, 3.05) is 0 Å². The minimum Gasteiger partial charge on any atom is -0.284 e. The molecule has 0 spiro atoms. The van der Waals surface area contributed by atoms with Crippen LogP contribution in [-0.4, -0.2) is 14.5 Å². The first-order valence-corrected chi connectivity index (χ1v) is 10.1. The number of hydrogen-bond donors (Lipinski definition) is 0. The standard InChI is InChI=1S/C18H18FN3O3S2/c1-9(2)21-17(23)15-10(3)11(4)27-16(15)20-18(21)26-8-12-13(19)6-5-7-14(12)22(24)25/h5-7,9H,8H2,1-4H3. The summed E-state index contributed by atoms with van der Waals surface area (Å²) in [4.78, 5) is 29.9. The molecule has 0 bridgehead atoms. The maximum absolute atomic E-state index is 14.2. The summed E-state index contributed by atoms with van der Waals surface area (Å²) in [6.45, 7) is 7.59. The number of thiophene rings is 1. The third-order valence-corrected chi connectivity index (χ3v) is 6.44. The summed E-state index contributed by atoms with van der Waals surface area (Å²) in [5, 5.41) is 12.2. The average molecular weight is 407 g/mol. The first kappa shape index (κ1) is 19.5. The van der Waals surface area contributed by atoms with Crippen LogP contribution < -0.4 is 5.56 Å². The van der Waals surface area contributed by atoms with Crippen LogP contribution >= 0.6 is 23.1 Å². The van der Waals surface area contributed by atoms with E-state index in [4.69, 9.17) is 0 Å². The predicted octanol–water partition coefficient (Wildman–Crippen LogP) is 5.00. The summed E-state index contributed by atoms with van der Waals surface area (Å²) in [5.74, 6) is -0.629. The van der Waals surface area contributed by atoms with E-state index in [9.17, 15) is 19.3 Å². The average Bonchev–Trinajstić information content (AvgIpc) is 2.87. The van der Waals surface area contributed by atoms with Gasteiger partial charge >= 0.3 is 0 Å². The highest BCUT2D eigenvalue weighted by Gasteiger charge is 2.22. The van der Waals surface area contributed by atoms with Gasteiger partial charge in [-0.2, -0.15) is 0 Å². The van der Waals surface area contributed by atoms with Crippen LogP contribution in [0.2, 0.25) is 0 Å². The van der Waals surface area contributed by atoms with Crippen molar-refractivity contribution >= 4 is 39.0 Å². The molecule has 3 rings (SSSR count). The fourth-order valence-corrected chi connectivity index (χ4v) is 5.07. The van der Waals surface area contributed by atoms with Crippen molar-refractivity contribution < 1.29 is 9.31 Å². The third kappa shape index (κ3) is 3.49. The van der Waals surface area contributed by atoms with Gasteiger partial charge in [0.05, 0.1) is 15.9 Å². The largest absolute Gasteiger partial charge is 0.284 e. The maximum Gasteiger partial charge on any atom is 0.276 e. The van der Waals surface area contributed by atoms with Crippen LogP contribution in [-0.2, 0) is 5.75 Å². The Morgan fingerprint density at radius 1 is 1.37 bits per heavy atom. The van der Waals surface area contributed by atoms with Crippen LogP contribution in [0.25, 0.3) is 10.2 Å². The Hall–Kier alpha value is -2.26. The minimum absolute atomic E-state index is 0.00399. The molecule has 0 atom stereocenters. The molecule has 3 aromatic rings. The molecule has 0 amide bonds. The summed E-state index contributed by atoms with van der Waals surface area (Å²) in [6.07, 6.45) is 0. The number of nitro benzene ring substituents is 1. The Kier molecular flexibility index (Phi) is 5.34. The van der Waals surface area contributed by atoms with Crippen LogP contribution in [0.15, 0.2) is 28.2 Å². The highest BCUT2D eigenvalue weighted by molar-refractivity contribution is 7.98. The second-order valence-corrected chi connectivity index (χ2v) is 8.56. The van der Waals surface area contributed by atoms with E-state index >= 15 is 0 Å². The van der Waals surface area contributed by atoms with Gasteiger partial charge in [0, 0.05) is 22.7 Å². The normalized spacial score (nSPS) is 11.5. The quantitative estimate of drug-likeness (QED) is 0.257. The van der Waals surface area contributed by atoms with Gasteiger partial charge in [0.15, 0.2) is 5.16 Å². The molecule has 0 saturated carbocycles. The Morgan fingerprint density at radius 3 is 2.70 bits per heavy atom. The van der Waals surface area contributed by atoms with E-state index in [1.165, 1.54) is 29.5 Å². The molecular weight excluding hydrogens is 389 g/mol. The molecule has 0 unspecified atom stereocenters. The maximum atomic E-state index is 14.2. The van der Waals surface area contributed by atoms with Crippen molar-refractivity contribution in [3.63, 3.8) is 0 Å². The zero-order chi connectivity index (χ0) is 19.9. The molecular formula is C18H18FN3O3S2. The van der Waals surface area contributed by atoms with Crippen molar-refractivity contribution in [3.05, 3.63) is 60.5 Å². The summed E-state index contributed by atoms with van der Waals surface area (Å²) in [5.41, 5.74) is 0.506. The second-order valence-electron chi connectivity index (χ2n) is 6.41. The van der Waals surface area contributed by atoms with Crippen molar-refractivity contribution in [1.82, 2.24) is 9.55 Å². The fourth-order valence-electron chi connectivity index (χ4n) is 2.84. The zero-order valence-electron chi connectivity index (χ0n) is 15.3. The number of thioether (sulfide) groups is 1. The van der Waals surface area contributed by atoms with E-state index in [0.717, 1.165) is 22.2 Å². The number of rotatable bonds is 5. The van der Waals surface area contributed by atoms with Crippen molar-refractivity contribution in [3.8, 4) is 0 Å². The van der Waals surface area contributed by atoms with Crippen molar-refractivity contribution in [2.24, 2.45) is 0 Å². The monoisotopic (exact) mass is 407 g/mol. The van der Waals surface area contributed by atoms with E-state index in [0.29, 0.717) is 15.4 Å². The van der Waals surface area contributed by atoms with E-state index in [-0.39, 0.29) is 28.6 Å². The lowest BCUT2D eigenvalue weighted by Gasteiger charge is -2.15. The highest BCUT2D eigenvalue weighted by atomic mass is 32.2. The molecule has 2 aromatic heterocycles. The Balaban J connectivity index is 2.10. The summed E-state index contributed by atoms with van der Waals surface area (Å²) in [6, 6.07) is 3.64. The molecule has 9 heteroatoms. The predicted molar refractivity (Wildman–Crippen MR) is 106 cm³/mol. The Morgan fingerprint density at radius 2 is 2.07 bits per heavy atom. The minimum atomic E-state index is -0.640. The number of halogens is 1. The number of hydrogen-bond acceptors (Lipinski definition) is 6. The lowest BCUT2D eigenvalue weighted by molar-refractivity contribution is -0.385. The molecule has 0 aliphatic carbocycles. The van der Waals surface area contributed by atoms with E-state index in [2.05, 4.69) is 4.98 Å². The van der Waals surface area contributed by atoms with Gasteiger partial charge in [-0.3, -0.25) is 19.5 Å². The second kappa shape index (κ2) is 7.40. The van der Waals surface area contributed by atoms with Gasteiger partial charge in [0.25, 0.3) is 11.2 Å². The molecule has 0 aliphatic heterocycles. The number of nitrogens with zero attached hydrogens (tertiary/aromatic N) is 3. The smallest absolute Gasteiger partial charge is 0.276 e. The SMILES string of the molecule is Cc1sc2nc(SCc3c(F)cccc3[N+](=O)[O-])n(C(C)C)c(=O)c2c1C. The van der Waals surface area contributed by atoms with Gasteiger partial charge in [0.1, 0.15) is 10.6 Å².